The maximum Gasteiger partial charge on any atom is 0.238 e. The van der Waals surface area contributed by atoms with E-state index in [2.05, 4.69) is 35.4 Å². The average molecular weight is 369 g/mol. The van der Waals surface area contributed by atoms with Crippen LogP contribution < -0.4 is 10.6 Å². The smallest absolute Gasteiger partial charge is 0.238 e. The Morgan fingerprint density at radius 3 is 2.81 bits per heavy atom. The summed E-state index contributed by atoms with van der Waals surface area (Å²) in [6.07, 6.45) is 0. The van der Waals surface area contributed by atoms with E-state index < -0.39 is 0 Å². The van der Waals surface area contributed by atoms with Crippen LogP contribution >= 0.6 is 0 Å². The Hall–Kier alpha value is -2.24. The third kappa shape index (κ3) is 4.73. The third-order valence-corrected chi connectivity index (χ3v) is 5.13. The van der Waals surface area contributed by atoms with Gasteiger partial charge in [0.25, 0.3) is 0 Å². The molecule has 1 unspecified atom stereocenters. The number of para-hydroxylation sites is 1. The van der Waals surface area contributed by atoms with Crippen LogP contribution in [0.1, 0.15) is 42.5 Å². The zero-order chi connectivity index (χ0) is 19.4. The number of amides is 1. The minimum atomic E-state index is -0.246. The summed E-state index contributed by atoms with van der Waals surface area (Å²) in [5, 5.41) is 6.46. The van der Waals surface area contributed by atoms with E-state index in [0.29, 0.717) is 12.5 Å². The molecule has 2 N–H and O–H groups in total. The van der Waals surface area contributed by atoms with Gasteiger partial charge in [-0.1, -0.05) is 44.2 Å². The van der Waals surface area contributed by atoms with Gasteiger partial charge in [0, 0.05) is 31.4 Å². The van der Waals surface area contributed by atoms with Gasteiger partial charge in [0.1, 0.15) is 5.82 Å². The van der Waals surface area contributed by atoms with Crippen LogP contribution in [-0.2, 0) is 4.79 Å². The molecule has 0 bridgehead atoms. The van der Waals surface area contributed by atoms with E-state index in [0.717, 1.165) is 35.5 Å². The lowest BCUT2D eigenvalue weighted by atomic mass is 9.98. The molecule has 0 spiro atoms. The molecule has 3 rings (SSSR count). The Kier molecular flexibility index (Phi) is 6.24. The quantitative estimate of drug-likeness (QED) is 0.842. The maximum atomic E-state index is 13.6. The molecule has 1 aliphatic rings. The number of anilines is 1. The van der Waals surface area contributed by atoms with Crippen molar-refractivity contribution < 1.29 is 9.18 Å². The average Bonchev–Trinajstić information content (AvgIpc) is 2.63. The summed E-state index contributed by atoms with van der Waals surface area (Å²) in [5.41, 5.74) is 4.02. The zero-order valence-corrected chi connectivity index (χ0v) is 16.3. The zero-order valence-electron chi connectivity index (χ0n) is 16.3. The van der Waals surface area contributed by atoms with Crippen molar-refractivity contribution in [1.82, 2.24) is 10.2 Å². The second kappa shape index (κ2) is 8.63. The molecular formula is C22H28FN3O. The Balaban J connectivity index is 1.75. The van der Waals surface area contributed by atoms with Crippen molar-refractivity contribution in [2.24, 2.45) is 0 Å². The molecule has 2 aromatic carbocycles. The van der Waals surface area contributed by atoms with Gasteiger partial charge in [-0.2, -0.15) is 0 Å². The SMILES string of the molecule is Cc1cccc(C(C)C)c1NC(=O)CN1CCNCC1c1cccc(F)c1. The molecule has 144 valence electrons. The first-order valence-corrected chi connectivity index (χ1v) is 9.55. The first kappa shape index (κ1) is 19.5. The lowest BCUT2D eigenvalue weighted by molar-refractivity contribution is -0.118. The van der Waals surface area contributed by atoms with E-state index in [9.17, 15) is 9.18 Å². The van der Waals surface area contributed by atoms with E-state index in [1.165, 1.54) is 6.07 Å². The summed E-state index contributed by atoms with van der Waals surface area (Å²) in [6.45, 7) is 8.83. The molecular weight excluding hydrogens is 341 g/mol. The van der Waals surface area contributed by atoms with Crippen molar-refractivity contribution in [1.29, 1.82) is 0 Å². The molecule has 27 heavy (non-hydrogen) atoms. The van der Waals surface area contributed by atoms with Gasteiger partial charge in [-0.3, -0.25) is 9.69 Å². The van der Waals surface area contributed by atoms with Crippen LogP contribution in [0.2, 0.25) is 0 Å². The van der Waals surface area contributed by atoms with Gasteiger partial charge in [-0.25, -0.2) is 4.39 Å². The Morgan fingerprint density at radius 1 is 1.30 bits per heavy atom. The molecule has 4 nitrogen and oxygen atoms in total. The molecule has 1 aliphatic heterocycles. The number of nitrogens with zero attached hydrogens (tertiary/aromatic N) is 1. The number of rotatable bonds is 5. The molecule has 1 amide bonds. The van der Waals surface area contributed by atoms with Gasteiger partial charge in [0.15, 0.2) is 0 Å². The van der Waals surface area contributed by atoms with Crippen molar-refractivity contribution in [3.8, 4) is 0 Å². The largest absolute Gasteiger partial charge is 0.324 e. The number of hydrogen-bond acceptors (Lipinski definition) is 3. The van der Waals surface area contributed by atoms with Crippen LogP contribution in [0.4, 0.5) is 10.1 Å². The molecule has 1 saturated heterocycles. The summed E-state index contributed by atoms with van der Waals surface area (Å²) in [7, 11) is 0. The van der Waals surface area contributed by atoms with Gasteiger partial charge in [-0.15, -0.1) is 0 Å². The van der Waals surface area contributed by atoms with E-state index in [-0.39, 0.29) is 24.3 Å². The minimum Gasteiger partial charge on any atom is -0.324 e. The topological polar surface area (TPSA) is 44.4 Å². The molecule has 0 aromatic heterocycles. The standard InChI is InChI=1S/C22H28FN3O/c1-15(2)19-9-4-6-16(3)22(19)25-21(27)14-26-11-10-24-13-20(26)17-7-5-8-18(23)12-17/h4-9,12,15,20,24H,10-11,13-14H2,1-3H3,(H,25,27). The van der Waals surface area contributed by atoms with E-state index in [1.54, 1.807) is 12.1 Å². The lowest BCUT2D eigenvalue weighted by Gasteiger charge is -2.36. The second-order valence-electron chi connectivity index (χ2n) is 7.49. The molecule has 1 heterocycles. The number of piperazine rings is 1. The van der Waals surface area contributed by atoms with Crippen molar-refractivity contribution in [3.63, 3.8) is 0 Å². The van der Waals surface area contributed by atoms with Crippen LogP contribution in [0.3, 0.4) is 0 Å². The Labute approximate surface area is 160 Å². The van der Waals surface area contributed by atoms with Crippen LogP contribution in [-0.4, -0.2) is 37.0 Å². The van der Waals surface area contributed by atoms with Crippen LogP contribution in [0.25, 0.3) is 0 Å². The van der Waals surface area contributed by atoms with Gasteiger partial charge in [0.05, 0.1) is 6.54 Å². The van der Waals surface area contributed by atoms with E-state index in [4.69, 9.17) is 0 Å². The number of aryl methyl sites for hydroxylation is 1. The van der Waals surface area contributed by atoms with Crippen LogP contribution in [0.15, 0.2) is 42.5 Å². The molecule has 1 atom stereocenters. The number of carbonyl (C=O) groups is 1. The van der Waals surface area contributed by atoms with Crippen molar-refractivity contribution in [3.05, 3.63) is 65.0 Å². The maximum absolute atomic E-state index is 13.6. The lowest BCUT2D eigenvalue weighted by Crippen LogP contribution is -2.48. The highest BCUT2D eigenvalue weighted by Gasteiger charge is 2.26. The predicted molar refractivity (Wildman–Crippen MR) is 107 cm³/mol. The fourth-order valence-corrected chi connectivity index (χ4v) is 3.68. The Morgan fingerprint density at radius 2 is 2.07 bits per heavy atom. The first-order valence-electron chi connectivity index (χ1n) is 9.55. The normalized spacial score (nSPS) is 17.9. The fraction of sp³-hybridized carbons (Fsp3) is 0.409. The van der Waals surface area contributed by atoms with E-state index in [1.807, 2.05) is 25.1 Å². The number of carbonyl (C=O) groups excluding carboxylic acids is 1. The summed E-state index contributed by atoms with van der Waals surface area (Å²) in [6, 6.07) is 12.7. The van der Waals surface area contributed by atoms with Gasteiger partial charge in [-0.05, 0) is 41.7 Å². The third-order valence-electron chi connectivity index (χ3n) is 5.13. The molecule has 1 fully saturated rings. The van der Waals surface area contributed by atoms with E-state index >= 15 is 0 Å². The number of halogens is 1. The number of hydrogen-bond donors (Lipinski definition) is 2. The summed E-state index contributed by atoms with van der Waals surface area (Å²) < 4.78 is 13.6. The van der Waals surface area contributed by atoms with Gasteiger partial charge in [0.2, 0.25) is 5.91 Å². The minimum absolute atomic E-state index is 0.0124. The van der Waals surface area contributed by atoms with Crippen molar-refractivity contribution in [2.75, 3.05) is 31.5 Å². The summed E-state index contributed by atoms with van der Waals surface area (Å²) in [4.78, 5) is 14.9. The molecule has 0 radical (unpaired) electrons. The molecule has 0 saturated carbocycles. The highest BCUT2D eigenvalue weighted by atomic mass is 19.1. The monoisotopic (exact) mass is 369 g/mol. The first-order chi connectivity index (χ1) is 13.0. The van der Waals surface area contributed by atoms with Gasteiger partial charge < -0.3 is 10.6 Å². The van der Waals surface area contributed by atoms with Crippen LogP contribution in [0.5, 0.6) is 0 Å². The molecule has 5 heteroatoms. The fourth-order valence-electron chi connectivity index (χ4n) is 3.68. The van der Waals surface area contributed by atoms with Gasteiger partial charge >= 0.3 is 0 Å². The number of nitrogens with one attached hydrogen (secondary N) is 2. The molecule has 0 aliphatic carbocycles. The van der Waals surface area contributed by atoms with Crippen LogP contribution in [0, 0.1) is 12.7 Å². The van der Waals surface area contributed by atoms with Crippen molar-refractivity contribution >= 4 is 11.6 Å². The Bertz CT molecular complexity index is 806. The summed E-state index contributed by atoms with van der Waals surface area (Å²) in [5.74, 6) is 0.0536. The highest BCUT2D eigenvalue weighted by Crippen LogP contribution is 2.28. The summed E-state index contributed by atoms with van der Waals surface area (Å²) >= 11 is 0. The molecule has 2 aromatic rings. The number of benzene rings is 2. The second-order valence-corrected chi connectivity index (χ2v) is 7.49. The predicted octanol–water partition coefficient (Wildman–Crippen LogP) is 3.84. The van der Waals surface area contributed by atoms with Crippen molar-refractivity contribution in [2.45, 2.75) is 32.7 Å². The highest BCUT2D eigenvalue weighted by molar-refractivity contribution is 5.94.